The van der Waals surface area contributed by atoms with Gasteiger partial charge in [-0.1, -0.05) is 23.2 Å². The van der Waals surface area contributed by atoms with Gasteiger partial charge in [-0.15, -0.1) is 0 Å². The van der Waals surface area contributed by atoms with Crippen molar-refractivity contribution in [3.8, 4) is 0 Å². The van der Waals surface area contributed by atoms with Crippen LogP contribution in [0.2, 0.25) is 10.0 Å². The molecule has 1 fully saturated rings. The highest BCUT2D eigenvalue weighted by Gasteiger charge is 2.20. The molecule has 1 aromatic heterocycles. The second kappa shape index (κ2) is 4.52. The fraction of sp³-hybridized carbons (Fsp3) is 0.385. The summed E-state index contributed by atoms with van der Waals surface area (Å²) < 4.78 is 5.49. The van der Waals surface area contributed by atoms with Gasteiger partial charge in [0, 0.05) is 28.1 Å². The smallest absolute Gasteiger partial charge is 0.137 e. The van der Waals surface area contributed by atoms with E-state index in [0.717, 1.165) is 35.5 Å². The first-order valence-electron chi connectivity index (χ1n) is 5.82. The van der Waals surface area contributed by atoms with E-state index >= 15 is 0 Å². The summed E-state index contributed by atoms with van der Waals surface area (Å²) in [5, 5.41) is 5.75. The van der Waals surface area contributed by atoms with Crippen LogP contribution in [0, 0.1) is 0 Å². The van der Waals surface area contributed by atoms with Crippen LogP contribution in [-0.2, 0) is 6.42 Å². The number of furan rings is 1. The molecule has 17 heavy (non-hydrogen) atoms. The van der Waals surface area contributed by atoms with Crippen molar-refractivity contribution in [1.29, 1.82) is 0 Å². The normalized spacial score (nSPS) is 15.6. The fourth-order valence-corrected chi connectivity index (χ4v) is 2.63. The predicted octanol–water partition coefficient (Wildman–Crippen LogP) is 4.03. The van der Waals surface area contributed by atoms with Crippen LogP contribution >= 0.6 is 23.2 Å². The van der Waals surface area contributed by atoms with Gasteiger partial charge in [0.1, 0.15) is 5.58 Å². The topological polar surface area (TPSA) is 25.2 Å². The van der Waals surface area contributed by atoms with E-state index in [1.807, 2.05) is 0 Å². The molecule has 0 unspecified atom stereocenters. The first-order valence-corrected chi connectivity index (χ1v) is 6.58. The van der Waals surface area contributed by atoms with Crippen LogP contribution in [0.5, 0.6) is 0 Å². The van der Waals surface area contributed by atoms with Crippen LogP contribution in [0.25, 0.3) is 11.0 Å². The lowest BCUT2D eigenvalue weighted by Crippen LogP contribution is -2.19. The Hall–Kier alpha value is -0.700. The average Bonchev–Trinajstić information content (AvgIpc) is 3.00. The van der Waals surface area contributed by atoms with Gasteiger partial charge in [-0.05, 0) is 31.9 Å². The summed E-state index contributed by atoms with van der Waals surface area (Å²) in [6.07, 6.45) is 5.33. The summed E-state index contributed by atoms with van der Waals surface area (Å²) in [4.78, 5) is 0. The minimum atomic E-state index is 0.611. The molecule has 3 rings (SSSR count). The molecule has 1 saturated carbocycles. The van der Waals surface area contributed by atoms with Crippen LogP contribution in [0.4, 0.5) is 0 Å². The highest BCUT2D eigenvalue weighted by Crippen LogP contribution is 2.32. The third-order valence-corrected chi connectivity index (χ3v) is 3.59. The van der Waals surface area contributed by atoms with Crippen molar-refractivity contribution in [1.82, 2.24) is 5.32 Å². The molecule has 2 nitrogen and oxygen atoms in total. The third kappa shape index (κ3) is 2.44. The van der Waals surface area contributed by atoms with Gasteiger partial charge in [0.2, 0.25) is 0 Å². The van der Waals surface area contributed by atoms with Gasteiger partial charge in [0.25, 0.3) is 0 Å². The standard InChI is InChI=1S/C13H13Cl2NO/c14-9-5-11(15)13-8(7-17-12(13)6-9)3-4-16-10-1-2-10/h5-7,10,16H,1-4H2. The monoisotopic (exact) mass is 269 g/mol. The molecule has 0 bridgehead atoms. The Labute approximate surface area is 110 Å². The molecule has 90 valence electrons. The summed E-state index contributed by atoms with van der Waals surface area (Å²) in [5.41, 5.74) is 1.92. The largest absolute Gasteiger partial charge is 0.464 e. The second-order valence-corrected chi connectivity index (χ2v) is 5.34. The van der Waals surface area contributed by atoms with Gasteiger partial charge < -0.3 is 9.73 Å². The van der Waals surface area contributed by atoms with Crippen molar-refractivity contribution in [2.75, 3.05) is 6.54 Å². The maximum Gasteiger partial charge on any atom is 0.137 e. The second-order valence-electron chi connectivity index (χ2n) is 4.50. The van der Waals surface area contributed by atoms with E-state index in [0.29, 0.717) is 10.0 Å². The third-order valence-electron chi connectivity index (χ3n) is 3.07. The number of benzene rings is 1. The van der Waals surface area contributed by atoms with Crippen molar-refractivity contribution in [2.24, 2.45) is 0 Å². The fourth-order valence-electron chi connectivity index (χ4n) is 2.03. The number of hydrogen-bond acceptors (Lipinski definition) is 2. The van der Waals surface area contributed by atoms with E-state index in [1.54, 1.807) is 18.4 Å². The van der Waals surface area contributed by atoms with Crippen molar-refractivity contribution in [2.45, 2.75) is 25.3 Å². The van der Waals surface area contributed by atoms with Gasteiger partial charge in [-0.25, -0.2) is 0 Å². The summed E-state index contributed by atoms with van der Waals surface area (Å²) in [6.45, 7) is 0.970. The highest BCUT2D eigenvalue weighted by molar-refractivity contribution is 6.38. The quantitative estimate of drug-likeness (QED) is 0.907. The van der Waals surface area contributed by atoms with Crippen LogP contribution < -0.4 is 5.32 Å². The molecular formula is C13H13Cl2NO. The van der Waals surface area contributed by atoms with Gasteiger partial charge >= 0.3 is 0 Å². The molecule has 1 aliphatic rings. The molecule has 1 aromatic carbocycles. The first kappa shape index (κ1) is 11.4. The Kier molecular flexibility index (Phi) is 3.03. The molecule has 4 heteroatoms. The molecule has 1 heterocycles. The molecule has 1 N–H and O–H groups in total. The minimum Gasteiger partial charge on any atom is -0.464 e. The molecule has 0 spiro atoms. The minimum absolute atomic E-state index is 0.611. The number of nitrogens with one attached hydrogen (secondary N) is 1. The van der Waals surface area contributed by atoms with Gasteiger partial charge in [0.05, 0.1) is 11.3 Å². The van der Waals surface area contributed by atoms with Crippen LogP contribution in [0.3, 0.4) is 0 Å². The lowest BCUT2D eigenvalue weighted by Gasteiger charge is -2.02. The Morgan fingerprint density at radius 3 is 2.88 bits per heavy atom. The lowest BCUT2D eigenvalue weighted by molar-refractivity contribution is 0.605. The molecule has 1 aliphatic carbocycles. The Morgan fingerprint density at radius 2 is 2.12 bits per heavy atom. The summed E-state index contributed by atoms with van der Waals surface area (Å²) >= 11 is 12.1. The first-order chi connectivity index (χ1) is 8.24. The van der Waals surface area contributed by atoms with E-state index in [2.05, 4.69) is 5.32 Å². The number of halogens is 2. The zero-order chi connectivity index (χ0) is 11.8. The van der Waals surface area contributed by atoms with E-state index in [9.17, 15) is 0 Å². The van der Waals surface area contributed by atoms with Crippen LogP contribution in [0.15, 0.2) is 22.8 Å². The highest BCUT2D eigenvalue weighted by atomic mass is 35.5. The maximum absolute atomic E-state index is 6.20. The SMILES string of the molecule is Clc1cc(Cl)c2c(CCNC3CC3)coc2c1. The molecule has 0 saturated heterocycles. The summed E-state index contributed by atoms with van der Waals surface area (Å²) in [6, 6.07) is 4.30. The lowest BCUT2D eigenvalue weighted by atomic mass is 10.1. The molecule has 2 aromatic rings. The maximum atomic E-state index is 6.20. The summed E-state index contributed by atoms with van der Waals surface area (Å²) in [5.74, 6) is 0. The van der Waals surface area contributed by atoms with Crippen molar-refractivity contribution >= 4 is 34.2 Å². The molecule has 0 aliphatic heterocycles. The Bertz CT molecular complexity index is 546. The predicted molar refractivity (Wildman–Crippen MR) is 71.0 cm³/mol. The van der Waals surface area contributed by atoms with Crippen molar-refractivity contribution < 1.29 is 4.42 Å². The number of rotatable bonds is 4. The van der Waals surface area contributed by atoms with Crippen molar-refractivity contribution in [3.63, 3.8) is 0 Å². The molecule has 0 amide bonds. The Morgan fingerprint density at radius 1 is 1.29 bits per heavy atom. The van der Waals surface area contributed by atoms with E-state index in [1.165, 1.54) is 12.8 Å². The van der Waals surface area contributed by atoms with E-state index < -0.39 is 0 Å². The molecule has 0 radical (unpaired) electrons. The number of fused-ring (bicyclic) bond motifs is 1. The van der Waals surface area contributed by atoms with Crippen LogP contribution in [-0.4, -0.2) is 12.6 Å². The Balaban J connectivity index is 1.83. The zero-order valence-corrected chi connectivity index (χ0v) is 10.8. The van der Waals surface area contributed by atoms with Gasteiger partial charge in [-0.2, -0.15) is 0 Å². The summed E-state index contributed by atoms with van der Waals surface area (Å²) in [7, 11) is 0. The number of hydrogen-bond donors (Lipinski definition) is 1. The van der Waals surface area contributed by atoms with Gasteiger partial charge in [-0.3, -0.25) is 0 Å². The van der Waals surface area contributed by atoms with Crippen molar-refractivity contribution in [3.05, 3.63) is 34.0 Å². The average molecular weight is 270 g/mol. The molecular weight excluding hydrogens is 257 g/mol. The molecule has 0 atom stereocenters. The van der Waals surface area contributed by atoms with E-state index in [4.69, 9.17) is 27.6 Å². The van der Waals surface area contributed by atoms with E-state index in [-0.39, 0.29) is 0 Å². The van der Waals surface area contributed by atoms with Crippen LogP contribution in [0.1, 0.15) is 18.4 Å². The van der Waals surface area contributed by atoms with Gasteiger partial charge in [0.15, 0.2) is 0 Å². The zero-order valence-electron chi connectivity index (χ0n) is 9.30.